The number of carbonyl (C=O) groups is 1. The van der Waals surface area contributed by atoms with E-state index >= 15 is 0 Å². The Bertz CT molecular complexity index is 1040. The summed E-state index contributed by atoms with van der Waals surface area (Å²) in [7, 11) is 0. The van der Waals surface area contributed by atoms with Gasteiger partial charge in [-0.15, -0.1) is 0 Å². The fourth-order valence-electron chi connectivity index (χ4n) is 2.76. The van der Waals surface area contributed by atoms with E-state index in [1.807, 2.05) is 30.3 Å². The second-order valence-corrected chi connectivity index (χ2v) is 6.66. The van der Waals surface area contributed by atoms with Crippen molar-refractivity contribution in [1.82, 2.24) is 15.3 Å². The van der Waals surface area contributed by atoms with Crippen molar-refractivity contribution >= 4 is 29.1 Å². The van der Waals surface area contributed by atoms with Crippen LogP contribution in [0, 0.1) is 6.92 Å². The van der Waals surface area contributed by atoms with Crippen LogP contribution in [0.2, 0.25) is 5.02 Å². The fraction of sp³-hybridized carbons (Fsp3) is 0.150. The minimum atomic E-state index is -0.294. The second kappa shape index (κ2) is 7.74. The summed E-state index contributed by atoms with van der Waals surface area (Å²) in [6.45, 7) is 2.36. The molecule has 1 aliphatic heterocycles. The Balaban J connectivity index is 1.45. The molecule has 1 aromatic heterocycles. The zero-order valence-electron chi connectivity index (χ0n) is 15.0. The Hall–Kier alpha value is -3.32. The first-order chi connectivity index (χ1) is 13.6. The molecule has 0 unspecified atom stereocenters. The number of benzene rings is 2. The molecular formula is C20H17ClN4O3. The molecule has 0 saturated carbocycles. The zero-order valence-corrected chi connectivity index (χ0v) is 15.8. The minimum absolute atomic E-state index is 0.216. The smallest absolute Gasteiger partial charge is 0.270 e. The highest BCUT2D eigenvalue weighted by molar-refractivity contribution is 6.30. The molecule has 8 heteroatoms. The van der Waals surface area contributed by atoms with E-state index in [9.17, 15) is 4.79 Å². The van der Waals surface area contributed by atoms with Crippen molar-refractivity contribution in [3.63, 3.8) is 0 Å². The number of rotatable bonds is 5. The van der Waals surface area contributed by atoms with Gasteiger partial charge in [0, 0.05) is 22.9 Å². The van der Waals surface area contributed by atoms with E-state index in [2.05, 4.69) is 20.6 Å². The number of aromatic nitrogens is 2. The molecular weight excluding hydrogens is 380 g/mol. The highest BCUT2D eigenvalue weighted by Gasteiger charge is 2.15. The predicted octanol–water partition coefficient (Wildman–Crippen LogP) is 3.84. The van der Waals surface area contributed by atoms with Gasteiger partial charge in [0.1, 0.15) is 5.69 Å². The molecule has 2 aromatic carbocycles. The molecule has 0 fully saturated rings. The van der Waals surface area contributed by atoms with Gasteiger partial charge in [-0.25, -0.2) is 9.97 Å². The summed E-state index contributed by atoms with van der Waals surface area (Å²) in [5.74, 6) is 1.42. The van der Waals surface area contributed by atoms with Crippen LogP contribution in [-0.2, 0) is 6.54 Å². The largest absolute Gasteiger partial charge is 0.454 e. The van der Waals surface area contributed by atoms with Crippen LogP contribution in [0.1, 0.15) is 21.7 Å². The lowest BCUT2D eigenvalue weighted by Crippen LogP contribution is -2.24. The number of carbonyl (C=O) groups excluding carboxylic acids is 1. The van der Waals surface area contributed by atoms with Crippen molar-refractivity contribution in [3.8, 4) is 11.5 Å². The van der Waals surface area contributed by atoms with E-state index < -0.39 is 0 Å². The number of ether oxygens (including phenoxy) is 2. The maximum absolute atomic E-state index is 12.6. The quantitative estimate of drug-likeness (QED) is 0.681. The molecule has 142 valence electrons. The lowest BCUT2D eigenvalue weighted by Gasteiger charge is -2.09. The minimum Gasteiger partial charge on any atom is -0.454 e. The van der Waals surface area contributed by atoms with E-state index in [1.165, 1.54) is 0 Å². The SMILES string of the molecule is Cc1cc(C(=O)NCc2ccc3c(c2)OCO3)nc(Nc2cccc(Cl)c2)n1. The van der Waals surface area contributed by atoms with Crippen molar-refractivity contribution in [2.45, 2.75) is 13.5 Å². The average molecular weight is 397 g/mol. The summed E-state index contributed by atoms with van der Waals surface area (Å²) >= 11 is 6.00. The van der Waals surface area contributed by atoms with Crippen molar-refractivity contribution in [2.75, 3.05) is 12.1 Å². The molecule has 1 aliphatic rings. The van der Waals surface area contributed by atoms with Gasteiger partial charge in [-0.2, -0.15) is 0 Å². The van der Waals surface area contributed by atoms with Gasteiger partial charge >= 0.3 is 0 Å². The number of halogens is 1. The first-order valence-corrected chi connectivity index (χ1v) is 8.99. The Morgan fingerprint density at radius 1 is 1.11 bits per heavy atom. The number of aryl methyl sites for hydroxylation is 1. The van der Waals surface area contributed by atoms with Gasteiger partial charge in [-0.1, -0.05) is 23.7 Å². The number of fused-ring (bicyclic) bond motifs is 1. The molecule has 0 bridgehead atoms. The standard InChI is InChI=1S/C20H17ClN4O3/c1-12-7-16(25-20(23-12)24-15-4-2-3-14(21)9-15)19(26)22-10-13-5-6-17-18(8-13)28-11-27-17/h2-9H,10-11H2,1H3,(H,22,26)(H,23,24,25). The lowest BCUT2D eigenvalue weighted by molar-refractivity contribution is 0.0945. The highest BCUT2D eigenvalue weighted by atomic mass is 35.5. The van der Waals surface area contributed by atoms with Crippen LogP contribution in [0.25, 0.3) is 0 Å². The molecule has 7 nitrogen and oxygen atoms in total. The highest BCUT2D eigenvalue weighted by Crippen LogP contribution is 2.32. The van der Waals surface area contributed by atoms with Crippen molar-refractivity contribution < 1.29 is 14.3 Å². The van der Waals surface area contributed by atoms with Gasteiger partial charge in [-0.3, -0.25) is 4.79 Å². The summed E-state index contributed by atoms with van der Waals surface area (Å²) in [5.41, 5.74) is 2.59. The summed E-state index contributed by atoms with van der Waals surface area (Å²) in [6.07, 6.45) is 0. The molecule has 3 aromatic rings. The molecule has 28 heavy (non-hydrogen) atoms. The van der Waals surface area contributed by atoms with E-state index in [1.54, 1.807) is 25.1 Å². The molecule has 1 amide bonds. The maximum Gasteiger partial charge on any atom is 0.270 e. The maximum atomic E-state index is 12.6. The van der Waals surface area contributed by atoms with Gasteiger partial charge in [0.2, 0.25) is 12.7 Å². The molecule has 2 N–H and O–H groups in total. The van der Waals surface area contributed by atoms with Gasteiger partial charge in [-0.05, 0) is 48.9 Å². The fourth-order valence-corrected chi connectivity index (χ4v) is 2.95. The topological polar surface area (TPSA) is 85.4 Å². The van der Waals surface area contributed by atoms with Crippen LogP contribution in [0.15, 0.2) is 48.5 Å². The third kappa shape index (κ3) is 4.15. The van der Waals surface area contributed by atoms with E-state index in [-0.39, 0.29) is 18.4 Å². The van der Waals surface area contributed by atoms with Crippen molar-refractivity contribution in [2.24, 2.45) is 0 Å². The molecule has 0 atom stereocenters. The zero-order chi connectivity index (χ0) is 19.5. The van der Waals surface area contributed by atoms with Crippen LogP contribution in [0.5, 0.6) is 11.5 Å². The van der Waals surface area contributed by atoms with E-state index in [0.717, 1.165) is 11.3 Å². The number of nitrogens with one attached hydrogen (secondary N) is 2. The predicted molar refractivity (Wildman–Crippen MR) is 105 cm³/mol. The molecule has 4 rings (SSSR count). The van der Waals surface area contributed by atoms with Crippen LogP contribution in [-0.4, -0.2) is 22.7 Å². The Labute approximate surface area is 166 Å². The van der Waals surface area contributed by atoms with Crippen LogP contribution in [0.3, 0.4) is 0 Å². The molecule has 0 aliphatic carbocycles. The third-order valence-corrected chi connectivity index (χ3v) is 4.29. The van der Waals surface area contributed by atoms with Crippen molar-refractivity contribution in [3.05, 3.63) is 70.5 Å². The van der Waals surface area contributed by atoms with Gasteiger partial charge in [0.05, 0.1) is 0 Å². The normalized spacial score (nSPS) is 11.9. The summed E-state index contributed by atoms with van der Waals surface area (Å²) in [5, 5.41) is 6.52. The number of anilines is 2. The van der Waals surface area contributed by atoms with E-state index in [0.29, 0.717) is 34.7 Å². The molecule has 0 saturated heterocycles. The molecule has 2 heterocycles. The summed E-state index contributed by atoms with van der Waals surface area (Å²) in [6, 6.07) is 14.4. The molecule has 0 radical (unpaired) electrons. The van der Waals surface area contributed by atoms with Crippen LogP contribution >= 0.6 is 11.6 Å². The Kier molecular flexibility index (Phi) is 4.99. The number of amides is 1. The first kappa shape index (κ1) is 18.1. The number of nitrogens with zero attached hydrogens (tertiary/aromatic N) is 2. The average Bonchev–Trinajstić information content (AvgIpc) is 3.13. The first-order valence-electron chi connectivity index (χ1n) is 8.62. The third-order valence-electron chi connectivity index (χ3n) is 4.06. The summed E-state index contributed by atoms with van der Waals surface area (Å²) < 4.78 is 10.6. The van der Waals surface area contributed by atoms with Crippen molar-refractivity contribution in [1.29, 1.82) is 0 Å². The monoisotopic (exact) mass is 396 g/mol. The van der Waals surface area contributed by atoms with E-state index in [4.69, 9.17) is 21.1 Å². The van der Waals surface area contributed by atoms with Gasteiger partial charge in [0.25, 0.3) is 5.91 Å². The number of hydrogen-bond acceptors (Lipinski definition) is 6. The van der Waals surface area contributed by atoms with Crippen LogP contribution < -0.4 is 20.1 Å². The molecule has 0 spiro atoms. The Morgan fingerprint density at radius 3 is 2.82 bits per heavy atom. The second-order valence-electron chi connectivity index (χ2n) is 6.22. The van der Waals surface area contributed by atoms with Gasteiger partial charge < -0.3 is 20.1 Å². The van der Waals surface area contributed by atoms with Crippen LogP contribution in [0.4, 0.5) is 11.6 Å². The number of hydrogen-bond donors (Lipinski definition) is 2. The lowest BCUT2D eigenvalue weighted by atomic mass is 10.2. The van der Waals surface area contributed by atoms with Gasteiger partial charge in [0.15, 0.2) is 11.5 Å². The summed E-state index contributed by atoms with van der Waals surface area (Å²) in [4.78, 5) is 21.2. The Morgan fingerprint density at radius 2 is 1.96 bits per heavy atom.